The monoisotopic (exact) mass is 369 g/mol. The molecule has 0 spiro atoms. The van der Waals surface area contributed by atoms with Crippen molar-refractivity contribution < 1.29 is 9.53 Å². The lowest BCUT2D eigenvalue weighted by Crippen LogP contribution is -2.14. The zero-order valence-corrected chi connectivity index (χ0v) is 15.6. The number of fused-ring (bicyclic) bond motifs is 1. The minimum atomic E-state index is -0.221. The maximum Gasteiger partial charge on any atom is 0.257 e. The number of aromatic nitrogens is 2. The highest BCUT2D eigenvalue weighted by Gasteiger charge is 2.15. The first-order valence-corrected chi connectivity index (χ1v) is 8.92. The minimum Gasteiger partial charge on any atom is -0.497 e. The maximum atomic E-state index is 13.0. The molecule has 0 bridgehead atoms. The van der Waals surface area contributed by atoms with Gasteiger partial charge >= 0.3 is 0 Å². The Kier molecular flexibility index (Phi) is 4.72. The molecule has 28 heavy (non-hydrogen) atoms. The predicted molar refractivity (Wildman–Crippen MR) is 111 cm³/mol. The van der Waals surface area contributed by atoms with E-state index in [-0.39, 0.29) is 5.91 Å². The average molecular weight is 369 g/mol. The zero-order chi connectivity index (χ0) is 19.5. The van der Waals surface area contributed by atoms with E-state index in [2.05, 4.69) is 10.3 Å². The molecule has 5 nitrogen and oxygen atoms in total. The second kappa shape index (κ2) is 7.48. The number of rotatable bonds is 4. The second-order valence-corrected chi connectivity index (χ2v) is 6.48. The van der Waals surface area contributed by atoms with Crippen molar-refractivity contribution in [3.05, 3.63) is 84.1 Å². The van der Waals surface area contributed by atoms with E-state index in [0.717, 1.165) is 27.8 Å². The molecule has 2 aromatic heterocycles. The summed E-state index contributed by atoms with van der Waals surface area (Å²) in [4.78, 5) is 22.0. The lowest BCUT2D eigenvalue weighted by atomic mass is 10.0. The molecule has 0 saturated heterocycles. The van der Waals surface area contributed by atoms with E-state index < -0.39 is 0 Å². The van der Waals surface area contributed by atoms with Gasteiger partial charge in [-0.3, -0.25) is 4.79 Å². The normalized spacial score (nSPS) is 10.6. The van der Waals surface area contributed by atoms with Crippen LogP contribution >= 0.6 is 0 Å². The van der Waals surface area contributed by atoms with Gasteiger partial charge in [0.15, 0.2) is 0 Å². The van der Waals surface area contributed by atoms with Gasteiger partial charge in [0.2, 0.25) is 0 Å². The number of carbonyl (C=O) groups excluding carboxylic acids is 1. The Morgan fingerprint density at radius 3 is 2.68 bits per heavy atom. The van der Waals surface area contributed by atoms with E-state index in [4.69, 9.17) is 9.72 Å². The highest BCUT2D eigenvalue weighted by atomic mass is 16.5. The van der Waals surface area contributed by atoms with Crippen molar-refractivity contribution in [2.75, 3.05) is 12.4 Å². The molecule has 4 aromatic rings. The lowest BCUT2D eigenvalue weighted by molar-refractivity contribution is 0.102. The van der Waals surface area contributed by atoms with E-state index in [1.54, 1.807) is 13.3 Å². The molecular formula is C23H19N3O2. The molecule has 2 aromatic carbocycles. The Labute approximate surface area is 163 Å². The number of ether oxygens (including phenoxy) is 1. The molecule has 0 radical (unpaired) electrons. The van der Waals surface area contributed by atoms with Crippen LogP contribution in [-0.2, 0) is 0 Å². The maximum absolute atomic E-state index is 13.0. The number of para-hydroxylation sites is 1. The van der Waals surface area contributed by atoms with Gasteiger partial charge in [-0.05, 0) is 48.9 Å². The number of benzene rings is 2. The topological polar surface area (TPSA) is 64.1 Å². The van der Waals surface area contributed by atoms with Crippen LogP contribution in [0.1, 0.15) is 15.9 Å². The molecule has 0 unspecified atom stereocenters. The molecule has 138 valence electrons. The number of aryl methyl sites for hydroxylation is 1. The fraction of sp³-hybridized carbons (Fsp3) is 0.0870. The summed E-state index contributed by atoms with van der Waals surface area (Å²) in [6.07, 6.45) is 1.68. The van der Waals surface area contributed by atoms with Crippen LogP contribution in [-0.4, -0.2) is 23.0 Å². The number of pyridine rings is 2. The molecule has 1 amide bonds. The van der Waals surface area contributed by atoms with Crippen molar-refractivity contribution in [2.24, 2.45) is 0 Å². The highest BCUT2D eigenvalue weighted by Crippen LogP contribution is 2.27. The van der Waals surface area contributed by atoms with Gasteiger partial charge in [-0.1, -0.05) is 30.3 Å². The van der Waals surface area contributed by atoms with Gasteiger partial charge in [-0.2, -0.15) is 0 Å². The summed E-state index contributed by atoms with van der Waals surface area (Å²) >= 11 is 0. The number of methoxy groups -OCH3 is 1. The van der Waals surface area contributed by atoms with E-state index in [1.165, 1.54) is 0 Å². The van der Waals surface area contributed by atoms with Crippen molar-refractivity contribution in [1.82, 2.24) is 9.97 Å². The summed E-state index contributed by atoms with van der Waals surface area (Å²) in [5, 5.41) is 3.68. The summed E-state index contributed by atoms with van der Waals surface area (Å²) in [6, 6.07) is 20.8. The summed E-state index contributed by atoms with van der Waals surface area (Å²) in [5.41, 5.74) is 3.92. The van der Waals surface area contributed by atoms with E-state index >= 15 is 0 Å². The van der Waals surface area contributed by atoms with Crippen LogP contribution < -0.4 is 10.1 Å². The van der Waals surface area contributed by atoms with Gasteiger partial charge in [0.05, 0.1) is 23.9 Å². The first-order valence-electron chi connectivity index (χ1n) is 8.92. The Morgan fingerprint density at radius 1 is 1.00 bits per heavy atom. The molecular weight excluding hydrogens is 350 g/mol. The van der Waals surface area contributed by atoms with Crippen LogP contribution in [0.15, 0.2) is 72.9 Å². The van der Waals surface area contributed by atoms with E-state index in [9.17, 15) is 4.79 Å². The van der Waals surface area contributed by atoms with E-state index in [1.807, 2.05) is 73.7 Å². The standard InChI is InChI=1S/C23H19N3O2/c1-15-10-11-24-22(12-15)26-23(27)19-14-21(16-6-5-7-17(13-16)28-2)25-20-9-4-3-8-18(19)20/h3-14H,1-2H3,(H,24,26,27). The number of nitrogens with one attached hydrogen (secondary N) is 1. The highest BCUT2D eigenvalue weighted by molar-refractivity contribution is 6.12. The molecule has 1 N–H and O–H groups in total. The van der Waals surface area contributed by atoms with Crippen LogP contribution in [0.4, 0.5) is 5.82 Å². The SMILES string of the molecule is COc1cccc(-c2cc(C(=O)Nc3cc(C)ccn3)c3ccccc3n2)c1. The Hall–Kier alpha value is -3.73. The molecule has 0 aliphatic carbocycles. The minimum absolute atomic E-state index is 0.221. The Morgan fingerprint density at radius 2 is 1.86 bits per heavy atom. The van der Waals surface area contributed by atoms with Crippen LogP contribution in [0, 0.1) is 6.92 Å². The molecule has 0 aliphatic heterocycles. The van der Waals surface area contributed by atoms with Crippen LogP contribution in [0.25, 0.3) is 22.2 Å². The smallest absolute Gasteiger partial charge is 0.257 e. The fourth-order valence-electron chi connectivity index (χ4n) is 3.08. The van der Waals surface area contributed by atoms with Crippen LogP contribution in [0.2, 0.25) is 0 Å². The number of amides is 1. The molecule has 0 fully saturated rings. The number of carbonyl (C=O) groups is 1. The second-order valence-electron chi connectivity index (χ2n) is 6.48. The Bertz CT molecular complexity index is 1170. The van der Waals surface area contributed by atoms with Gasteiger partial charge < -0.3 is 10.1 Å². The van der Waals surface area contributed by atoms with Crippen molar-refractivity contribution >= 4 is 22.6 Å². The summed E-state index contributed by atoms with van der Waals surface area (Å²) in [7, 11) is 1.63. The van der Waals surface area contributed by atoms with E-state index in [0.29, 0.717) is 17.1 Å². The molecule has 0 atom stereocenters. The third-order valence-corrected chi connectivity index (χ3v) is 4.48. The third-order valence-electron chi connectivity index (χ3n) is 4.48. The van der Waals surface area contributed by atoms with Crippen molar-refractivity contribution in [3.63, 3.8) is 0 Å². The zero-order valence-electron chi connectivity index (χ0n) is 15.6. The van der Waals surface area contributed by atoms with Gasteiger partial charge in [0, 0.05) is 17.1 Å². The van der Waals surface area contributed by atoms with Crippen molar-refractivity contribution in [2.45, 2.75) is 6.92 Å². The van der Waals surface area contributed by atoms with Gasteiger partial charge in [0.25, 0.3) is 5.91 Å². The fourth-order valence-corrected chi connectivity index (χ4v) is 3.08. The van der Waals surface area contributed by atoms with Gasteiger partial charge in [-0.25, -0.2) is 9.97 Å². The Balaban J connectivity index is 1.81. The molecule has 0 aliphatic rings. The molecule has 2 heterocycles. The first kappa shape index (κ1) is 17.7. The number of nitrogens with zero attached hydrogens (tertiary/aromatic N) is 2. The summed E-state index contributed by atoms with van der Waals surface area (Å²) in [5.74, 6) is 1.04. The lowest BCUT2D eigenvalue weighted by Gasteiger charge is -2.11. The first-order chi connectivity index (χ1) is 13.6. The molecule has 4 rings (SSSR count). The van der Waals surface area contributed by atoms with Gasteiger partial charge in [0.1, 0.15) is 11.6 Å². The van der Waals surface area contributed by atoms with Crippen molar-refractivity contribution in [3.8, 4) is 17.0 Å². The largest absolute Gasteiger partial charge is 0.497 e. The number of hydrogen-bond donors (Lipinski definition) is 1. The number of hydrogen-bond acceptors (Lipinski definition) is 4. The van der Waals surface area contributed by atoms with Crippen molar-refractivity contribution in [1.29, 1.82) is 0 Å². The summed E-state index contributed by atoms with van der Waals surface area (Å²) in [6.45, 7) is 1.96. The quantitative estimate of drug-likeness (QED) is 0.558. The number of anilines is 1. The predicted octanol–water partition coefficient (Wildman–Crippen LogP) is 4.87. The average Bonchev–Trinajstić information content (AvgIpc) is 2.73. The third kappa shape index (κ3) is 3.55. The molecule has 5 heteroatoms. The van der Waals surface area contributed by atoms with Crippen LogP contribution in [0.5, 0.6) is 5.75 Å². The van der Waals surface area contributed by atoms with Crippen LogP contribution in [0.3, 0.4) is 0 Å². The molecule has 0 saturated carbocycles. The van der Waals surface area contributed by atoms with Gasteiger partial charge in [-0.15, -0.1) is 0 Å². The summed E-state index contributed by atoms with van der Waals surface area (Å²) < 4.78 is 5.32.